The minimum absolute atomic E-state index is 0.0816. The number of nitrogens with one attached hydrogen (secondary N) is 1. The number of carbonyl (C=O) groups is 3. The third kappa shape index (κ3) is 5.63. The largest absolute Gasteiger partial charge is 0.480 e. The first-order valence-corrected chi connectivity index (χ1v) is 10.2. The third-order valence-corrected chi connectivity index (χ3v) is 4.99. The van der Waals surface area contributed by atoms with E-state index in [-0.39, 0.29) is 25.4 Å². The van der Waals surface area contributed by atoms with Gasteiger partial charge < -0.3 is 19.9 Å². The molecule has 7 nitrogen and oxygen atoms in total. The quantitative estimate of drug-likeness (QED) is 0.511. The number of amides is 1. The molecule has 3 rings (SSSR count). The molecule has 0 radical (unpaired) electrons. The van der Waals surface area contributed by atoms with Crippen LogP contribution in [-0.4, -0.2) is 41.4 Å². The van der Waals surface area contributed by atoms with Crippen LogP contribution >= 0.6 is 0 Å². The average Bonchev–Trinajstić information content (AvgIpc) is 3.02. The van der Waals surface area contributed by atoms with Crippen molar-refractivity contribution >= 4 is 18.0 Å². The van der Waals surface area contributed by atoms with Gasteiger partial charge in [-0.3, -0.25) is 4.79 Å². The summed E-state index contributed by atoms with van der Waals surface area (Å²) in [5.74, 6) is -1.88. The van der Waals surface area contributed by atoms with Crippen LogP contribution in [0.4, 0.5) is 4.79 Å². The molecule has 0 saturated heterocycles. The van der Waals surface area contributed by atoms with Crippen LogP contribution in [0, 0.1) is 0 Å². The van der Waals surface area contributed by atoms with Crippen LogP contribution in [-0.2, 0) is 19.1 Å². The monoisotopic (exact) mass is 426 g/mol. The first kappa shape index (κ1) is 22.3. The molecular formula is C24H27NO6. The number of hydrogen-bond donors (Lipinski definition) is 2. The number of carboxylic acid groups (broad SMARTS) is 1. The fourth-order valence-corrected chi connectivity index (χ4v) is 3.69. The Morgan fingerprint density at radius 3 is 2.06 bits per heavy atom. The Kier molecular flexibility index (Phi) is 6.63. The highest BCUT2D eigenvalue weighted by Crippen LogP contribution is 2.44. The zero-order valence-corrected chi connectivity index (χ0v) is 17.9. The van der Waals surface area contributed by atoms with Crippen molar-refractivity contribution in [2.45, 2.75) is 51.2 Å². The number of esters is 1. The van der Waals surface area contributed by atoms with E-state index in [1.165, 1.54) is 0 Å². The predicted molar refractivity (Wildman–Crippen MR) is 115 cm³/mol. The van der Waals surface area contributed by atoms with Crippen LogP contribution in [0.15, 0.2) is 48.5 Å². The maximum atomic E-state index is 12.3. The second kappa shape index (κ2) is 9.20. The van der Waals surface area contributed by atoms with Crippen LogP contribution in [0.5, 0.6) is 0 Å². The highest BCUT2D eigenvalue weighted by molar-refractivity contribution is 5.81. The Hall–Kier alpha value is -3.35. The number of aliphatic carboxylic acids is 1. The summed E-state index contributed by atoms with van der Waals surface area (Å²) in [6, 6.07) is 14.6. The first-order valence-electron chi connectivity index (χ1n) is 10.2. The summed E-state index contributed by atoms with van der Waals surface area (Å²) < 4.78 is 10.6. The zero-order valence-electron chi connectivity index (χ0n) is 17.9. The van der Waals surface area contributed by atoms with Gasteiger partial charge in [0.25, 0.3) is 0 Å². The summed E-state index contributed by atoms with van der Waals surface area (Å²) in [5, 5.41) is 11.7. The number of alkyl carbamates (subject to hydrolysis) is 1. The maximum Gasteiger partial charge on any atom is 0.407 e. The molecule has 7 heteroatoms. The van der Waals surface area contributed by atoms with Crippen molar-refractivity contribution in [2.75, 3.05) is 6.61 Å². The lowest BCUT2D eigenvalue weighted by Gasteiger charge is -2.20. The van der Waals surface area contributed by atoms with Gasteiger partial charge in [0.2, 0.25) is 0 Å². The second-order valence-electron chi connectivity index (χ2n) is 8.49. The molecule has 31 heavy (non-hydrogen) atoms. The summed E-state index contributed by atoms with van der Waals surface area (Å²) in [6.45, 7) is 5.27. The molecule has 1 amide bonds. The molecule has 0 fully saturated rings. The molecule has 0 aliphatic heterocycles. The molecule has 0 bridgehead atoms. The van der Waals surface area contributed by atoms with Gasteiger partial charge in [-0.1, -0.05) is 48.5 Å². The lowest BCUT2D eigenvalue weighted by atomic mass is 9.98. The molecule has 0 saturated carbocycles. The van der Waals surface area contributed by atoms with E-state index in [0.717, 1.165) is 22.3 Å². The van der Waals surface area contributed by atoms with Gasteiger partial charge in [-0.25, -0.2) is 9.59 Å². The van der Waals surface area contributed by atoms with E-state index in [1.54, 1.807) is 20.8 Å². The summed E-state index contributed by atoms with van der Waals surface area (Å²) in [4.78, 5) is 35.6. The predicted octanol–water partition coefficient (Wildman–Crippen LogP) is 4.10. The normalized spacial score (nSPS) is 13.6. The molecule has 0 heterocycles. The minimum Gasteiger partial charge on any atom is -0.480 e. The van der Waals surface area contributed by atoms with E-state index >= 15 is 0 Å². The van der Waals surface area contributed by atoms with E-state index in [4.69, 9.17) is 9.47 Å². The van der Waals surface area contributed by atoms with Crippen LogP contribution in [0.2, 0.25) is 0 Å². The van der Waals surface area contributed by atoms with Crippen molar-refractivity contribution in [3.8, 4) is 11.1 Å². The number of carbonyl (C=O) groups excluding carboxylic acids is 2. The van der Waals surface area contributed by atoms with Gasteiger partial charge in [0.05, 0.1) is 0 Å². The van der Waals surface area contributed by atoms with Gasteiger partial charge in [0, 0.05) is 12.3 Å². The Morgan fingerprint density at radius 1 is 1.00 bits per heavy atom. The Morgan fingerprint density at radius 2 is 1.55 bits per heavy atom. The average molecular weight is 426 g/mol. The number of fused-ring (bicyclic) bond motifs is 3. The molecule has 0 aromatic heterocycles. The molecule has 2 aromatic carbocycles. The highest BCUT2D eigenvalue weighted by Gasteiger charge is 2.30. The van der Waals surface area contributed by atoms with Gasteiger partial charge >= 0.3 is 18.0 Å². The molecule has 164 valence electrons. The van der Waals surface area contributed by atoms with Crippen molar-refractivity contribution in [3.05, 3.63) is 59.7 Å². The highest BCUT2D eigenvalue weighted by atomic mass is 16.6. The van der Waals surface area contributed by atoms with Crippen molar-refractivity contribution in [1.29, 1.82) is 0 Å². The van der Waals surface area contributed by atoms with Gasteiger partial charge in [-0.15, -0.1) is 0 Å². The summed E-state index contributed by atoms with van der Waals surface area (Å²) >= 11 is 0. The Balaban J connectivity index is 1.59. The first-order chi connectivity index (χ1) is 14.7. The zero-order chi connectivity index (χ0) is 22.6. The number of carboxylic acids is 1. The van der Waals surface area contributed by atoms with Gasteiger partial charge in [0.15, 0.2) is 0 Å². The van der Waals surface area contributed by atoms with Gasteiger partial charge in [-0.2, -0.15) is 0 Å². The number of rotatable bonds is 7. The Labute approximate surface area is 181 Å². The lowest BCUT2D eigenvalue weighted by Crippen LogP contribution is -2.42. The number of ether oxygens (including phenoxy) is 2. The summed E-state index contributed by atoms with van der Waals surface area (Å²) in [7, 11) is 0. The molecule has 1 atom stereocenters. The summed E-state index contributed by atoms with van der Waals surface area (Å²) in [5.41, 5.74) is 3.68. The SMILES string of the molecule is CC(C)(C)OC(=O)CC[C@H]([15NH]C(=O)OCC1c2ccccc2-c2ccccc21)C(=O)O. The molecule has 0 spiro atoms. The van der Waals surface area contributed by atoms with Gasteiger partial charge in [0.1, 0.15) is 18.2 Å². The van der Waals surface area contributed by atoms with Crippen LogP contribution in [0.25, 0.3) is 11.1 Å². The second-order valence-corrected chi connectivity index (χ2v) is 8.49. The minimum atomic E-state index is -1.25. The third-order valence-electron chi connectivity index (χ3n) is 4.99. The molecule has 1 aliphatic rings. The van der Waals surface area contributed by atoms with E-state index in [9.17, 15) is 19.5 Å². The Bertz CT molecular complexity index is 933. The molecule has 1 aliphatic carbocycles. The van der Waals surface area contributed by atoms with Crippen LogP contribution in [0.1, 0.15) is 50.7 Å². The van der Waals surface area contributed by atoms with E-state index in [0.29, 0.717) is 0 Å². The fourth-order valence-electron chi connectivity index (χ4n) is 3.69. The lowest BCUT2D eigenvalue weighted by molar-refractivity contribution is -0.155. The maximum absolute atomic E-state index is 12.3. The summed E-state index contributed by atoms with van der Waals surface area (Å²) in [6.07, 6.45) is -1.05. The molecule has 2 N–H and O–H groups in total. The van der Waals surface area contributed by atoms with Gasteiger partial charge in [-0.05, 0) is 49.4 Å². The molecule has 0 unspecified atom stereocenters. The smallest absolute Gasteiger partial charge is 0.407 e. The fraction of sp³-hybridized carbons (Fsp3) is 0.375. The standard InChI is InChI=1S/C24H27NO6/c1-24(2,3)31-21(26)13-12-20(22(27)28)25-23(29)30-14-19-17-10-6-4-8-15(17)16-9-5-7-11-18(16)19/h4-11,19-20H,12-14H2,1-3H3,(H,25,29)(H,27,28)/t20-/m0/s1/i25+1. The van der Waals surface area contributed by atoms with E-state index < -0.39 is 29.7 Å². The van der Waals surface area contributed by atoms with Crippen LogP contribution in [0.3, 0.4) is 0 Å². The van der Waals surface area contributed by atoms with Crippen molar-refractivity contribution in [2.24, 2.45) is 0 Å². The van der Waals surface area contributed by atoms with E-state index in [1.807, 2.05) is 48.5 Å². The topological polar surface area (TPSA) is 102 Å². The van der Waals surface area contributed by atoms with Crippen molar-refractivity contribution in [1.82, 2.24) is 5.32 Å². The van der Waals surface area contributed by atoms with Crippen molar-refractivity contribution < 1.29 is 29.0 Å². The number of hydrogen-bond acceptors (Lipinski definition) is 5. The van der Waals surface area contributed by atoms with E-state index in [2.05, 4.69) is 5.32 Å². The van der Waals surface area contributed by atoms with Crippen LogP contribution < -0.4 is 5.32 Å². The van der Waals surface area contributed by atoms with Crippen molar-refractivity contribution in [3.63, 3.8) is 0 Å². The number of benzene rings is 2. The molecule has 2 aromatic rings. The molecular weight excluding hydrogens is 399 g/mol.